The molecule has 0 aliphatic rings. The minimum absolute atomic E-state index is 0.00350. The van der Waals surface area contributed by atoms with Gasteiger partial charge in [-0.05, 0) is 59.3 Å². The number of hydrogen-bond donors (Lipinski definition) is 1. The molecule has 0 saturated carbocycles. The molecule has 1 aromatic carbocycles. The second-order valence-corrected chi connectivity index (χ2v) is 6.32. The van der Waals surface area contributed by atoms with Gasteiger partial charge in [0.15, 0.2) is 0 Å². The Bertz CT molecular complexity index is 702. The van der Waals surface area contributed by atoms with E-state index in [-0.39, 0.29) is 4.90 Å². The molecule has 1 heterocycles. The zero-order chi connectivity index (χ0) is 14.0. The molecule has 0 aliphatic heterocycles. The maximum Gasteiger partial charge on any atom is 0.261 e. The first-order valence-electron chi connectivity index (χ1n) is 5.30. The Kier molecular flexibility index (Phi) is 3.86. The summed E-state index contributed by atoms with van der Waals surface area (Å²) < 4.78 is 40.0. The molecule has 19 heavy (non-hydrogen) atoms. The zero-order valence-electron chi connectivity index (χ0n) is 9.89. The van der Waals surface area contributed by atoms with Gasteiger partial charge >= 0.3 is 0 Å². The van der Waals surface area contributed by atoms with Gasteiger partial charge in [0.05, 0.1) is 16.3 Å². The van der Waals surface area contributed by atoms with Crippen LogP contribution in [0.5, 0.6) is 0 Å². The Morgan fingerprint density at radius 2 is 1.79 bits per heavy atom. The largest absolute Gasteiger partial charge is 0.278 e. The Labute approximate surface area is 118 Å². The molecular weight excluding hydrogens is 335 g/mol. The SMILES string of the molecule is Cc1nc(Br)ccc1NS(=O)(=O)c1ccc(F)cc1. The van der Waals surface area contributed by atoms with E-state index in [9.17, 15) is 12.8 Å². The number of halogens is 2. The number of sulfonamides is 1. The maximum absolute atomic E-state index is 12.8. The number of aryl methyl sites for hydroxylation is 1. The van der Waals surface area contributed by atoms with E-state index in [2.05, 4.69) is 25.6 Å². The summed E-state index contributed by atoms with van der Waals surface area (Å²) in [5.74, 6) is -0.486. The van der Waals surface area contributed by atoms with Gasteiger partial charge < -0.3 is 0 Å². The van der Waals surface area contributed by atoms with Gasteiger partial charge in [-0.1, -0.05) is 0 Å². The first kappa shape index (κ1) is 14.0. The van der Waals surface area contributed by atoms with E-state index in [1.54, 1.807) is 19.1 Å². The van der Waals surface area contributed by atoms with Crippen molar-refractivity contribution in [1.82, 2.24) is 4.98 Å². The smallest absolute Gasteiger partial charge is 0.261 e. The van der Waals surface area contributed by atoms with Crippen LogP contribution in [0.25, 0.3) is 0 Å². The van der Waals surface area contributed by atoms with Crippen LogP contribution in [-0.4, -0.2) is 13.4 Å². The second-order valence-electron chi connectivity index (χ2n) is 3.83. The fourth-order valence-corrected chi connectivity index (χ4v) is 2.97. The average molecular weight is 345 g/mol. The lowest BCUT2D eigenvalue weighted by Gasteiger charge is -2.10. The number of nitrogens with zero attached hydrogens (tertiary/aromatic N) is 1. The lowest BCUT2D eigenvalue weighted by molar-refractivity contribution is 0.599. The van der Waals surface area contributed by atoms with Crippen molar-refractivity contribution in [2.75, 3.05) is 4.72 Å². The highest BCUT2D eigenvalue weighted by atomic mass is 79.9. The van der Waals surface area contributed by atoms with Gasteiger partial charge in [-0.3, -0.25) is 4.72 Å². The topological polar surface area (TPSA) is 59.1 Å². The molecule has 0 amide bonds. The molecule has 0 atom stereocenters. The van der Waals surface area contributed by atoms with Gasteiger partial charge in [-0.25, -0.2) is 17.8 Å². The molecule has 0 saturated heterocycles. The fourth-order valence-electron chi connectivity index (χ4n) is 1.46. The van der Waals surface area contributed by atoms with Crippen molar-refractivity contribution in [3.8, 4) is 0 Å². The van der Waals surface area contributed by atoms with E-state index in [4.69, 9.17) is 0 Å². The molecule has 1 N–H and O–H groups in total. The quantitative estimate of drug-likeness (QED) is 0.870. The zero-order valence-corrected chi connectivity index (χ0v) is 12.3. The molecule has 100 valence electrons. The highest BCUT2D eigenvalue weighted by Gasteiger charge is 2.15. The van der Waals surface area contributed by atoms with Gasteiger partial charge in [-0.2, -0.15) is 0 Å². The number of nitrogens with one attached hydrogen (secondary N) is 1. The molecule has 0 bridgehead atoms. The molecule has 0 fully saturated rings. The van der Waals surface area contributed by atoms with E-state index in [0.717, 1.165) is 12.1 Å². The van der Waals surface area contributed by atoms with Crippen molar-refractivity contribution in [2.24, 2.45) is 0 Å². The van der Waals surface area contributed by atoms with Gasteiger partial charge in [0.25, 0.3) is 10.0 Å². The summed E-state index contributed by atoms with van der Waals surface area (Å²) >= 11 is 3.20. The Morgan fingerprint density at radius 3 is 2.37 bits per heavy atom. The van der Waals surface area contributed by atoms with Crippen LogP contribution in [0.3, 0.4) is 0 Å². The summed E-state index contributed by atoms with van der Waals surface area (Å²) in [7, 11) is -3.74. The number of anilines is 1. The summed E-state index contributed by atoms with van der Waals surface area (Å²) in [6, 6.07) is 7.85. The summed E-state index contributed by atoms with van der Waals surface area (Å²) in [5, 5.41) is 0. The third-order valence-electron chi connectivity index (χ3n) is 2.42. The van der Waals surface area contributed by atoms with Crippen molar-refractivity contribution >= 4 is 31.6 Å². The van der Waals surface area contributed by atoms with Crippen LogP contribution in [0.2, 0.25) is 0 Å². The van der Waals surface area contributed by atoms with Crippen LogP contribution in [0, 0.1) is 12.7 Å². The molecule has 7 heteroatoms. The summed E-state index contributed by atoms with van der Waals surface area (Å²) in [5.41, 5.74) is 0.924. The number of aromatic nitrogens is 1. The van der Waals surface area contributed by atoms with Crippen LogP contribution in [-0.2, 0) is 10.0 Å². The fraction of sp³-hybridized carbons (Fsp3) is 0.0833. The first-order chi connectivity index (χ1) is 8.88. The molecule has 4 nitrogen and oxygen atoms in total. The number of rotatable bonds is 3. The molecule has 0 aliphatic carbocycles. The third kappa shape index (κ3) is 3.30. The average Bonchev–Trinajstić information content (AvgIpc) is 2.33. The van der Waals surface area contributed by atoms with Gasteiger partial charge in [0.1, 0.15) is 10.4 Å². The van der Waals surface area contributed by atoms with E-state index in [0.29, 0.717) is 16.0 Å². The predicted molar refractivity (Wildman–Crippen MR) is 73.9 cm³/mol. The van der Waals surface area contributed by atoms with E-state index in [1.165, 1.54) is 12.1 Å². The number of pyridine rings is 1. The monoisotopic (exact) mass is 344 g/mol. The maximum atomic E-state index is 12.8. The number of benzene rings is 1. The van der Waals surface area contributed by atoms with E-state index < -0.39 is 15.8 Å². The summed E-state index contributed by atoms with van der Waals surface area (Å²) in [4.78, 5) is 4.09. The minimum Gasteiger partial charge on any atom is -0.278 e. The standard InChI is InChI=1S/C12H10BrFN2O2S/c1-8-11(6-7-12(13)15-8)16-19(17,18)10-4-2-9(14)3-5-10/h2-7,16H,1H3. The second kappa shape index (κ2) is 5.26. The Balaban J connectivity index is 2.33. The minimum atomic E-state index is -3.74. The van der Waals surface area contributed by atoms with Crippen LogP contribution in [0.15, 0.2) is 45.9 Å². The van der Waals surface area contributed by atoms with Crippen LogP contribution >= 0.6 is 15.9 Å². The van der Waals surface area contributed by atoms with Gasteiger partial charge in [0, 0.05) is 0 Å². The van der Waals surface area contributed by atoms with Crippen LogP contribution < -0.4 is 4.72 Å². The van der Waals surface area contributed by atoms with E-state index >= 15 is 0 Å². The van der Waals surface area contributed by atoms with Gasteiger partial charge in [-0.15, -0.1) is 0 Å². The molecule has 1 aromatic heterocycles. The van der Waals surface area contributed by atoms with Crippen molar-refractivity contribution in [2.45, 2.75) is 11.8 Å². The Hall–Kier alpha value is -1.47. The normalized spacial score (nSPS) is 11.3. The molecule has 0 spiro atoms. The molecule has 0 unspecified atom stereocenters. The Morgan fingerprint density at radius 1 is 1.16 bits per heavy atom. The van der Waals surface area contributed by atoms with E-state index in [1.807, 2.05) is 0 Å². The van der Waals surface area contributed by atoms with Crippen LogP contribution in [0.4, 0.5) is 10.1 Å². The predicted octanol–water partition coefficient (Wildman–Crippen LogP) is 3.09. The highest BCUT2D eigenvalue weighted by molar-refractivity contribution is 9.10. The lowest BCUT2D eigenvalue weighted by Crippen LogP contribution is -2.14. The molecule has 0 radical (unpaired) electrons. The lowest BCUT2D eigenvalue weighted by atomic mass is 10.3. The van der Waals surface area contributed by atoms with Crippen molar-refractivity contribution < 1.29 is 12.8 Å². The third-order valence-corrected chi connectivity index (χ3v) is 4.24. The molecule has 2 aromatic rings. The molecule has 2 rings (SSSR count). The summed E-state index contributed by atoms with van der Waals surface area (Å²) in [6.07, 6.45) is 0. The van der Waals surface area contributed by atoms with Crippen LogP contribution in [0.1, 0.15) is 5.69 Å². The first-order valence-corrected chi connectivity index (χ1v) is 7.57. The summed E-state index contributed by atoms with van der Waals surface area (Å²) in [6.45, 7) is 1.69. The highest BCUT2D eigenvalue weighted by Crippen LogP contribution is 2.20. The molecular formula is C12H10BrFN2O2S. The van der Waals surface area contributed by atoms with Crippen molar-refractivity contribution in [3.05, 3.63) is 52.5 Å². The van der Waals surface area contributed by atoms with Gasteiger partial charge in [0.2, 0.25) is 0 Å². The van der Waals surface area contributed by atoms with Crippen molar-refractivity contribution in [3.63, 3.8) is 0 Å². The number of hydrogen-bond acceptors (Lipinski definition) is 3. The van der Waals surface area contributed by atoms with Crippen molar-refractivity contribution in [1.29, 1.82) is 0 Å².